The summed E-state index contributed by atoms with van der Waals surface area (Å²) in [5.74, 6) is -0.0244. The highest BCUT2D eigenvalue weighted by Gasteiger charge is 2.45. The molecule has 3 fully saturated rings. The fourth-order valence-electron chi connectivity index (χ4n) is 2.32. The number of amides is 6. The Balaban J connectivity index is 1.58. The molecule has 0 aromatic carbocycles. The predicted octanol–water partition coefficient (Wildman–Crippen LogP) is -0.489. The molecule has 0 saturated carbocycles. The Bertz CT molecular complexity index is 460. The van der Waals surface area contributed by atoms with Gasteiger partial charge in [-0.25, -0.2) is 14.5 Å². The molecular formula is C10H12N4O4S. The zero-order valence-corrected chi connectivity index (χ0v) is 10.8. The zero-order chi connectivity index (χ0) is 13.6. The van der Waals surface area contributed by atoms with E-state index in [0.717, 1.165) is 16.7 Å². The Labute approximate surface area is 113 Å². The minimum Gasteiger partial charge on any atom is -0.336 e. The van der Waals surface area contributed by atoms with Crippen molar-refractivity contribution in [3.8, 4) is 0 Å². The van der Waals surface area contributed by atoms with E-state index in [2.05, 4.69) is 5.32 Å². The van der Waals surface area contributed by atoms with Crippen molar-refractivity contribution < 1.29 is 19.2 Å². The number of imide groups is 2. The number of hydrogen-bond acceptors (Lipinski definition) is 5. The average molecular weight is 284 g/mol. The number of nitrogens with zero attached hydrogens (tertiary/aromatic N) is 3. The maximum absolute atomic E-state index is 12.0. The minimum absolute atomic E-state index is 0.178. The molecule has 0 aromatic rings. The van der Waals surface area contributed by atoms with Crippen LogP contribution in [0.3, 0.4) is 0 Å². The molecule has 3 aliphatic rings. The number of carbonyl (C=O) groups is 4. The van der Waals surface area contributed by atoms with Gasteiger partial charge in [0.2, 0.25) is 5.91 Å². The molecular weight excluding hydrogens is 272 g/mol. The van der Waals surface area contributed by atoms with E-state index in [1.165, 1.54) is 9.80 Å². The van der Waals surface area contributed by atoms with Gasteiger partial charge in [-0.05, 0) is 0 Å². The van der Waals surface area contributed by atoms with E-state index in [-0.39, 0.29) is 29.0 Å². The van der Waals surface area contributed by atoms with Gasteiger partial charge in [0.25, 0.3) is 5.24 Å². The Morgan fingerprint density at radius 1 is 1.26 bits per heavy atom. The lowest BCUT2D eigenvalue weighted by atomic mass is 10.1. The molecule has 3 rings (SSSR count). The minimum atomic E-state index is -0.391. The van der Waals surface area contributed by atoms with Gasteiger partial charge >= 0.3 is 12.1 Å². The van der Waals surface area contributed by atoms with Crippen LogP contribution in [-0.4, -0.2) is 75.9 Å². The van der Waals surface area contributed by atoms with Crippen molar-refractivity contribution in [2.45, 2.75) is 6.04 Å². The third-order valence-electron chi connectivity index (χ3n) is 3.37. The van der Waals surface area contributed by atoms with E-state index >= 15 is 0 Å². The van der Waals surface area contributed by atoms with Crippen LogP contribution < -0.4 is 5.32 Å². The molecule has 0 atom stereocenters. The smallest absolute Gasteiger partial charge is 0.328 e. The Hall–Kier alpha value is -1.77. The highest BCUT2D eigenvalue weighted by Crippen LogP contribution is 2.26. The fraction of sp³-hybridized carbons (Fsp3) is 0.600. The first-order chi connectivity index (χ1) is 9.08. The van der Waals surface area contributed by atoms with Gasteiger partial charge in [-0.2, -0.15) is 0 Å². The second-order valence-corrected chi connectivity index (χ2v) is 5.47. The molecule has 3 aliphatic heterocycles. The Kier molecular flexibility index (Phi) is 2.85. The third kappa shape index (κ3) is 1.93. The standard InChI is InChI=1S/C10H12N4O4S/c15-7-5-19-10(18)14(7)6-3-12(4-6)9(17)13-2-1-11-8(13)16/h6H,1-5H2,(H,11,16). The van der Waals surface area contributed by atoms with Crippen LogP contribution in [-0.2, 0) is 4.79 Å². The summed E-state index contributed by atoms with van der Waals surface area (Å²) in [7, 11) is 0. The summed E-state index contributed by atoms with van der Waals surface area (Å²) < 4.78 is 0. The number of thioether (sulfide) groups is 1. The summed E-state index contributed by atoms with van der Waals surface area (Å²) in [6.45, 7) is 1.43. The Morgan fingerprint density at radius 2 is 2.00 bits per heavy atom. The molecule has 0 radical (unpaired) electrons. The summed E-state index contributed by atoms with van der Waals surface area (Å²) in [5, 5.41) is 2.30. The largest absolute Gasteiger partial charge is 0.336 e. The van der Waals surface area contributed by atoms with Crippen LogP contribution in [0.1, 0.15) is 0 Å². The molecule has 9 heteroatoms. The maximum Gasteiger partial charge on any atom is 0.328 e. The molecule has 0 aliphatic carbocycles. The lowest BCUT2D eigenvalue weighted by molar-refractivity contribution is -0.128. The van der Waals surface area contributed by atoms with Crippen molar-refractivity contribution >= 4 is 35.0 Å². The van der Waals surface area contributed by atoms with Crippen molar-refractivity contribution in [1.82, 2.24) is 20.0 Å². The Morgan fingerprint density at radius 3 is 2.53 bits per heavy atom. The van der Waals surface area contributed by atoms with E-state index < -0.39 is 6.03 Å². The van der Waals surface area contributed by atoms with Crippen molar-refractivity contribution in [3.63, 3.8) is 0 Å². The first-order valence-electron chi connectivity index (χ1n) is 5.91. The SMILES string of the molecule is O=C1NCCN1C(=O)N1CC(N2C(=O)CSC2=O)C1. The lowest BCUT2D eigenvalue weighted by Crippen LogP contribution is -2.64. The van der Waals surface area contributed by atoms with Gasteiger partial charge in [0.15, 0.2) is 0 Å². The molecule has 8 nitrogen and oxygen atoms in total. The quantitative estimate of drug-likeness (QED) is 0.702. The summed E-state index contributed by atoms with van der Waals surface area (Å²) in [6, 6.07) is -1.00. The molecule has 0 bridgehead atoms. The number of carbonyl (C=O) groups excluding carboxylic acids is 4. The maximum atomic E-state index is 12.0. The molecule has 0 spiro atoms. The van der Waals surface area contributed by atoms with Gasteiger partial charge in [-0.15, -0.1) is 0 Å². The first-order valence-corrected chi connectivity index (χ1v) is 6.89. The third-order valence-corrected chi connectivity index (χ3v) is 4.21. The van der Waals surface area contributed by atoms with Crippen LogP contribution in [0, 0.1) is 0 Å². The van der Waals surface area contributed by atoms with E-state index in [4.69, 9.17) is 0 Å². The molecule has 3 saturated heterocycles. The van der Waals surface area contributed by atoms with Crippen LogP contribution in [0.4, 0.5) is 14.4 Å². The summed E-state index contributed by atoms with van der Waals surface area (Å²) in [5.41, 5.74) is 0. The van der Waals surface area contributed by atoms with Crippen molar-refractivity contribution in [2.24, 2.45) is 0 Å². The summed E-state index contributed by atoms with van der Waals surface area (Å²) in [4.78, 5) is 50.1. The number of nitrogens with one attached hydrogen (secondary N) is 1. The van der Waals surface area contributed by atoms with Gasteiger partial charge in [-0.3, -0.25) is 14.5 Å². The van der Waals surface area contributed by atoms with Crippen LogP contribution in [0.25, 0.3) is 0 Å². The molecule has 3 heterocycles. The van der Waals surface area contributed by atoms with Crippen LogP contribution >= 0.6 is 11.8 Å². The normalized spacial score (nSPS) is 24.0. The van der Waals surface area contributed by atoms with Crippen molar-refractivity contribution in [1.29, 1.82) is 0 Å². The molecule has 1 N–H and O–H groups in total. The van der Waals surface area contributed by atoms with E-state index in [1.54, 1.807) is 0 Å². The molecule has 0 aromatic heterocycles. The first kappa shape index (κ1) is 12.3. The number of hydrogen-bond donors (Lipinski definition) is 1. The molecule has 0 unspecified atom stereocenters. The highest BCUT2D eigenvalue weighted by atomic mass is 32.2. The van der Waals surface area contributed by atoms with Crippen LogP contribution in [0.5, 0.6) is 0 Å². The zero-order valence-electron chi connectivity index (χ0n) is 10.00. The van der Waals surface area contributed by atoms with Gasteiger partial charge in [0.1, 0.15) is 0 Å². The van der Waals surface area contributed by atoms with E-state index in [1.807, 2.05) is 0 Å². The predicted molar refractivity (Wildman–Crippen MR) is 65.6 cm³/mol. The van der Waals surface area contributed by atoms with E-state index in [9.17, 15) is 19.2 Å². The summed E-state index contributed by atoms with van der Waals surface area (Å²) >= 11 is 0.986. The lowest BCUT2D eigenvalue weighted by Gasteiger charge is -2.43. The van der Waals surface area contributed by atoms with Gasteiger partial charge in [0.05, 0.1) is 11.8 Å². The van der Waals surface area contributed by atoms with Gasteiger partial charge in [-0.1, -0.05) is 11.8 Å². The highest BCUT2D eigenvalue weighted by molar-refractivity contribution is 8.14. The van der Waals surface area contributed by atoms with Gasteiger partial charge in [0, 0.05) is 26.2 Å². The van der Waals surface area contributed by atoms with Crippen molar-refractivity contribution in [2.75, 3.05) is 31.9 Å². The average Bonchev–Trinajstić information content (AvgIpc) is 2.87. The number of urea groups is 2. The van der Waals surface area contributed by atoms with Crippen molar-refractivity contribution in [3.05, 3.63) is 0 Å². The van der Waals surface area contributed by atoms with E-state index in [0.29, 0.717) is 26.2 Å². The fourth-order valence-corrected chi connectivity index (χ4v) is 3.09. The van der Waals surface area contributed by atoms with Gasteiger partial charge < -0.3 is 10.2 Å². The second kappa shape index (κ2) is 4.41. The molecule has 19 heavy (non-hydrogen) atoms. The summed E-state index contributed by atoms with van der Waals surface area (Å²) in [6.07, 6.45) is 0. The number of rotatable bonds is 1. The topological polar surface area (TPSA) is 90.0 Å². The van der Waals surface area contributed by atoms with Crippen LogP contribution in [0.2, 0.25) is 0 Å². The second-order valence-electron chi connectivity index (χ2n) is 4.54. The number of likely N-dealkylation sites (tertiary alicyclic amines) is 1. The molecule has 6 amide bonds. The van der Waals surface area contributed by atoms with Crippen LogP contribution in [0.15, 0.2) is 0 Å². The monoisotopic (exact) mass is 284 g/mol. The molecule has 102 valence electrons.